The highest BCUT2D eigenvalue weighted by molar-refractivity contribution is 7.99. The van der Waals surface area contributed by atoms with Gasteiger partial charge in [0.2, 0.25) is 0 Å². The fourth-order valence-electron chi connectivity index (χ4n) is 2.82. The van der Waals surface area contributed by atoms with Crippen LogP contribution in [-0.2, 0) is 12.4 Å². The Morgan fingerprint density at radius 3 is 2.15 bits per heavy atom. The highest BCUT2D eigenvalue weighted by Crippen LogP contribution is 2.38. The Hall–Kier alpha value is -2.16. The van der Waals surface area contributed by atoms with E-state index in [2.05, 4.69) is 5.32 Å². The zero-order valence-electron chi connectivity index (χ0n) is 13.6. The predicted octanol–water partition coefficient (Wildman–Crippen LogP) is 5.69. The lowest BCUT2D eigenvalue weighted by Crippen LogP contribution is -2.31. The first-order chi connectivity index (χ1) is 12.6. The standard InChI is InChI=1S/C18H13F6NOS/c19-17(20,21)11-7-10(8-12(9-11)18(22,23)24)16(26)25-14-5-6-27-15-4-2-1-3-13(14)15/h1-4,7-9,14H,5-6H2,(H,25,26). The summed E-state index contributed by atoms with van der Waals surface area (Å²) in [7, 11) is 0. The fourth-order valence-corrected chi connectivity index (χ4v) is 3.94. The highest BCUT2D eigenvalue weighted by Gasteiger charge is 2.37. The van der Waals surface area contributed by atoms with Crippen LogP contribution in [0.3, 0.4) is 0 Å². The lowest BCUT2D eigenvalue weighted by molar-refractivity contribution is -0.143. The molecule has 9 heteroatoms. The van der Waals surface area contributed by atoms with Crippen LogP contribution in [0.1, 0.15) is 39.5 Å². The summed E-state index contributed by atoms with van der Waals surface area (Å²) in [6, 6.07) is 7.61. The second-order valence-corrected chi connectivity index (χ2v) is 7.13. The summed E-state index contributed by atoms with van der Waals surface area (Å²) in [5.74, 6) is -0.295. The molecule has 1 aliphatic heterocycles. The van der Waals surface area contributed by atoms with E-state index in [4.69, 9.17) is 0 Å². The van der Waals surface area contributed by atoms with Crippen LogP contribution in [0.5, 0.6) is 0 Å². The number of carbonyl (C=O) groups excluding carboxylic acids is 1. The van der Waals surface area contributed by atoms with Crippen LogP contribution in [0.25, 0.3) is 0 Å². The van der Waals surface area contributed by atoms with Gasteiger partial charge in [-0.2, -0.15) is 26.3 Å². The molecule has 1 heterocycles. The van der Waals surface area contributed by atoms with E-state index < -0.39 is 41.0 Å². The van der Waals surface area contributed by atoms with Gasteiger partial charge in [0, 0.05) is 16.2 Å². The van der Waals surface area contributed by atoms with Gasteiger partial charge in [-0.05, 0) is 36.2 Å². The third kappa shape index (κ3) is 4.40. The molecule has 27 heavy (non-hydrogen) atoms. The van der Waals surface area contributed by atoms with Crippen LogP contribution in [0, 0.1) is 0 Å². The van der Waals surface area contributed by atoms with Gasteiger partial charge in [-0.25, -0.2) is 0 Å². The van der Waals surface area contributed by atoms with Crippen LogP contribution in [0.2, 0.25) is 0 Å². The molecule has 0 saturated heterocycles. The maximum Gasteiger partial charge on any atom is 0.416 e. The number of carbonyl (C=O) groups is 1. The Bertz CT molecular complexity index is 829. The lowest BCUT2D eigenvalue weighted by atomic mass is 10.0. The molecule has 2 nitrogen and oxygen atoms in total. The van der Waals surface area contributed by atoms with E-state index in [1.807, 2.05) is 12.1 Å². The van der Waals surface area contributed by atoms with Crippen molar-refractivity contribution in [2.24, 2.45) is 0 Å². The van der Waals surface area contributed by atoms with Crippen LogP contribution >= 0.6 is 11.8 Å². The first-order valence-electron chi connectivity index (χ1n) is 7.88. The fraction of sp³-hybridized carbons (Fsp3) is 0.278. The minimum absolute atomic E-state index is 0.00330. The maximum atomic E-state index is 13.0. The monoisotopic (exact) mass is 405 g/mol. The normalized spacial score (nSPS) is 17.3. The Morgan fingerprint density at radius 2 is 1.56 bits per heavy atom. The van der Waals surface area contributed by atoms with Gasteiger partial charge in [0.1, 0.15) is 0 Å². The molecule has 2 aromatic carbocycles. The summed E-state index contributed by atoms with van der Waals surface area (Å²) in [5.41, 5.74) is -2.90. The summed E-state index contributed by atoms with van der Waals surface area (Å²) in [4.78, 5) is 13.4. The van der Waals surface area contributed by atoms with Gasteiger partial charge in [0.05, 0.1) is 17.2 Å². The summed E-state index contributed by atoms with van der Waals surface area (Å²) in [5, 5.41) is 2.56. The minimum atomic E-state index is -5.00. The number of benzene rings is 2. The van der Waals surface area contributed by atoms with E-state index in [1.54, 1.807) is 23.9 Å². The van der Waals surface area contributed by atoms with Gasteiger partial charge in [0.25, 0.3) is 5.91 Å². The van der Waals surface area contributed by atoms with Gasteiger partial charge in [-0.3, -0.25) is 4.79 Å². The number of hydrogen-bond donors (Lipinski definition) is 1. The minimum Gasteiger partial charge on any atom is -0.345 e. The quantitative estimate of drug-likeness (QED) is 0.651. The predicted molar refractivity (Wildman–Crippen MR) is 88.4 cm³/mol. The Morgan fingerprint density at radius 1 is 0.963 bits per heavy atom. The summed E-state index contributed by atoms with van der Waals surface area (Å²) in [6.45, 7) is 0. The second kappa shape index (κ2) is 7.10. The Balaban J connectivity index is 1.93. The van der Waals surface area contributed by atoms with Crippen molar-refractivity contribution in [2.75, 3.05) is 5.75 Å². The van der Waals surface area contributed by atoms with Crippen molar-refractivity contribution in [1.82, 2.24) is 5.32 Å². The number of amides is 1. The SMILES string of the molecule is O=C(NC1CCSc2ccccc21)c1cc(C(F)(F)F)cc(C(F)(F)F)c1. The Labute approximate surface area is 155 Å². The number of nitrogens with one attached hydrogen (secondary N) is 1. The van der Waals surface area contributed by atoms with Crippen molar-refractivity contribution >= 4 is 17.7 Å². The van der Waals surface area contributed by atoms with Gasteiger partial charge in [0.15, 0.2) is 0 Å². The number of fused-ring (bicyclic) bond motifs is 1. The van der Waals surface area contributed by atoms with Crippen LogP contribution in [0.4, 0.5) is 26.3 Å². The molecule has 1 amide bonds. The number of rotatable bonds is 2. The average Bonchev–Trinajstić information content (AvgIpc) is 2.60. The van der Waals surface area contributed by atoms with Crippen LogP contribution in [-0.4, -0.2) is 11.7 Å². The number of hydrogen-bond acceptors (Lipinski definition) is 2. The van der Waals surface area contributed by atoms with E-state index in [1.165, 1.54) is 0 Å². The van der Waals surface area contributed by atoms with Gasteiger partial charge in [-0.15, -0.1) is 11.8 Å². The zero-order chi connectivity index (χ0) is 19.8. The molecule has 0 saturated carbocycles. The molecule has 144 valence electrons. The van der Waals surface area contributed by atoms with Crippen LogP contribution in [0.15, 0.2) is 47.4 Å². The molecule has 0 spiro atoms. The number of halogens is 6. The van der Waals surface area contributed by atoms with Crippen molar-refractivity contribution in [3.63, 3.8) is 0 Å². The van der Waals surface area contributed by atoms with E-state index >= 15 is 0 Å². The first kappa shape index (κ1) is 19.6. The van der Waals surface area contributed by atoms with E-state index in [-0.39, 0.29) is 6.07 Å². The summed E-state index contributed by atoms with van der Waals surface area (Å²) in [6.07, 6.45) is -9.47. The molecule has 1 atom stereocenters. The number of thioether (sulfide) groups is 1. The molecule has 1 aliphatic rings. The molecular formula is C18H13F6NOS. The van der Waals surface area contributed by atoms with Gasteiger partial charge in [-0.1, -0.05) is 18.2 Å². The van der Waals surface area contributed by atoms with E-state index in [9.17, 15) is 31.1 Å². The zero-order valence-corrected chi connectivity index (χ0v) is 14.4. The van der Waals surface area contributed by atoms with E-state index in [0.717, 1.165) is 10.5 Å². The molecule has 0 radical (unpaired) electrons. The maximum absolute atomic E-state index is 13.0. The first-order valence-corrected chi connectivity index (χ1v) is 8.86. The van der Waals surface area contributed by atoms with Crippen molar-refractivity contribution < 1.29 is 31.1 Å². The van der Waals surface area contributed by atoms with Crippen molar-refractivity contribution in [2.45, 2.75) is 29.7 Å². The average molecular weight is 405 g/mol. The molecule has 1 N–H and O–H groups in total. The molecule has 0 aliphatic carbocycles. The third-order valence-electron chi connectivity index (χ3n) is 4.11. The molecule has 3 rings (SSSR count). The molecular weight excluding hydrogens is 392 g/mol. The van der Waals surface area contributed by atoms with Gasteiger partial charge < -0.3 is 5.32 Å². The van der Waals surface area contributed by atoms with E-state index in [0.29, 0.717) is 24.3 Å². The third-order valence-corrected chi connectivity index (χ3v) is 5.24. The van der Waals surface area contributed by atoms with Gasteiger partial charge >= 0.3 is 12.4 Å². The molecule has 2 aromatic rings. The summed E-state index contributed by atoms with van der Waals surface area (Å²) >= 11 is 1.58. The second-order valence-electron chi connectivity index (χ2n) is 6.00. The topological polar surface area (TPSA) is 29.1 Å². The smallest absolute Gasteiger partial charge is 0.345 e. The van der Waals surface area contributed by atoms with Crippen molar-refractivity contribution in [1.29, 1.82) is 0 Å². The molecule has 0 bridgehead atoms. The lowest BCUT2D eigenvalue weighted by Gasteiger charge is -2.26. The van der Waals surface area contributed by atoms with Crippen molar-refractivity contribution in [3.8, 4) is 0 Å². The summed E-state index contributed by atoms with van der Waals surface area (Å²) < 4.78 is 77.7. The Kier molecular flexibility index (Phi) is 5.16. The highest BCUT2D eigenvalue weighted by atomic mass is 32.2. The number of alkyl halides is 6. The van der Waals surface area contributed by atoms with Crippen LogP contribution < -0.4 is 5.32 Å². The largest absolute Gasteiger partial charge is 0.416 e. The molecule has 0 fully saturated rings. The molecule has 0 aromatic heterocycles. The molecule has 1 unspecified atom stereocenters. The van der Waals surface area contributed by atoms with Crippen molar-refractivity contribution in [3.05, 3.63) is 64.7 Å².